The second-order valence-electron chi connectivity index (χ2n) is 4.41. The molecule has 0 saturated heterocycles. The lowest BCUT2D eigenvalue weighted by Crippen LogP contribution is -2.21. The quantitative estimate of drug-likeness (QED) is 0.514. The number of nitro benzene ring substituents is 1. The van der Waals surface area contributed by atoms with Crippen LogP contribution in [0.5, 0.6) is 0 Å². The van der Waals surface area contributed by atoms with Crippen LogP contribution in [-0.4, -0.2) is 23.4 Å². The predicted octanol–water partition coefficient (Wildman–Crippen LogP) is 3.04. The molecule has 0 bridgehead atoms. The van der Waals surface area contributed by atoms with Crippen molar-refractivity contribution >= 4 is 34.9 Å². The first-order valence-electron chi connectivity index (χ1n) is 6.43. The minimum absolute atomic E-state index is 0.0276. The van der Waals surface area contributed by atoms with Crippen LogP contribution >= 0.6 is 11.6 Å². The Kier molecular flexibility index (Phi) is 5.27. The first-order valence-corrected chi connectivity index (χ1v) is 6.81. The highest BCUT2D eigenvalue weighted by Crippen LogP contribution is 2.27. The highest BCUT2D eigenvalue weighted by molar-refractivity contribution is 6.31. The van der Waals surface area contributed by atoms with Gasteiger partial charge in [0.05, 0.1) is 10.5 Å². The number of rotatable bonds is 5. The van der Waals surface area contributed by atoms with Gasteiger partial charge < -0.3 is 10.1 Å². The number of benzene rings is 2. The van der Waals surface area contributed by atoms with Crippen molar-refractivity contribution in [1.29, 1.82) is 0 Å². The van der Waals surface area contributed by atoms with E-state index in [4.69, 9.17) is 16.3 Å². The Morgan fingerprint density at radius 2 is 1.87 bits per heavy atom. The predicted molar refractivity (Wildman–Crippen MR) is 83.5 cm³/mol. The lowest BCUT2D eigenvalue weighted by molar-refractivity contribution is -0.383. The summed E-state index contributed by atoms with van der Waals surface area (Å²) < 4.78 is 4.84. The number of nitro groups is 1. The highest BCUT2D eigenvalue weighted by Gasteiger charge is 2.17. The van der Waals surface area contributed by atoms with E-state index >= 15 is 0 Å². The lowest BCUT2D eigenvalue weighted by atomic mass is 10.2. The van der Waals surface area contributed by atoms with Gasteiger partial charge in [0.25, 0.3) is 11.6 Å². The molecule has 1 amide bonds. The van der Waals surface area contributed by atoms with E-state index in [9.17, 15) is 19.7 Å². The maximum Gasteiger partial charge on any atom is 0.338 e. The summed E-state index contributed by atoms with van der Waals surface area (Å²) in [4.78, 5) is 33.7. The van der Waals surface area contributed by atoms with Crippen molar-refractivity contribution in [3.05, 3.63) is 69.2 Å². The zero-order chi connectivity index (χ0) is 16.8. The average Bonchev–Trinajstić information content (AvgIpc) is 2.55. The number of hydrogen-bond donors (Lipinski definition) is 1. The molecule has 0 spiro atoms. The Morgan fingerprint density at radius 1 is 1.17 bits per heavy atom. The van der Waals surface area contributed by atoms with Crippen LogP contribution in [0.15, 0.2) is 48.5 Å². The molecule has 0 aliphatic carbocycles. The maximum atomic E-state index is 11.8. The van der Waals surface area contributed by atoms with Crippen molar-refractivity contribution in [2.45, 2.75) is 0 Å². The van der Waals surface area contributed by atoms with E-state index in [2.05, 4.69) is 5.32 Å². The summed E-state index contributed by atoms with van der Waals surface area (Å²) in [6.45, 7) is -0.562. The minimum Gasteiger partial charge on any atom is -0.452 e. The van der Waals surface area contributed by atoms with Crippen LogP contribution in [0.4, 0.5) is 11.4 Å². The van der Waals surface area contributed by atoms with Gasteiger partial charge in [0.2, 0.25) is 0 Å². The van der Waals surface area contributed by atoms with Gasteiger partial charge in [0, 0.05) is 11.1 Å². The normalized spacial score (nSPS) is 9.96. The fraction of sp³-hybridized carbons (Fsp3) is 0.0667. The van der Waals surface area contributed by atoms with Crippen LogP contribution in [0.2, 0.25) is 5.02 Å². The Hall–Kier alpha value is -2.93. The number of hydrogen-bond acceptors (Lipinski definition) is 5. The molecule has 23 heavy (non-hydrogen) atoms. The molecule has 0 saturated carbocycles. The molecule has 8 heteroatoms. The van der Waals surface area contributed by atoms with E-state index < -0.39 is 23.4 Å². The number of amides is 1. The first-order chi connectivity index (χ1) is 11.0. The van der Waals surface area contributed by atoms with Gasteiger partial charge in [-0.3, -0.25) is 14.9 Å². The second kappa shape index (κ2) is 7.37. The monoisotopic (exact) mass is 334 g/mol. The third-order valence-electron chi connectivity index (χ3n) is 2.77. The van der Waals surface area contributed by atoms with E-state index in [1.54, 1.807) is 30.3 Å². The topological polar surface area (TPSA) is 98.5 Å². The molecule has 0 radical (unpaired) electrons. The molecule has 0 fully saturated rings. The molecule has 2 aromatic rings. The molecule has 0 unspecified atom stereocenters. The molecule has 2 rings (SSSR count). The van der Waals surface area contributed by atoms with Crippen molar-refractivity contribution in [2.24, 2.45) is 0 Å². The highest BCUT2D eigenvalue weighted by atomic mass is 35.5. The largest absolute Gasteiger partial charge is 0.452 e. The van der Waals surface area contributed by atoms with Gasteiger partial charge in [-0.2, -0.15) is 0 Å². The smallest absolute Gasteiger partial charge is 0.338 e. The molecule has 0 atom stereocenters. The van der Waals surface area contributed by atoms with Gasteiger partial charge in [-0.25, -0.2) is 4.79 Å². The molecule has 7 nitrogen and oxygen atoms in total. The Bertz CT molecular complexity index is 749. The van der Waals surface area contributed by atoms with Gasteiger partial charge >= 0.3 is 5.97 Å². The molecule has 0 aliphatic heterocycles. The van der Waals surface area contributed by atoms with Crippen LogP contribution in [0.3, 0.4) is 0 Å². The number of nitrogens with one attached hydrogen (secondary N) is 1. The second-order valence-corrected chi connectivity index (χ2v) is 4.85. The third-order valence-corrected chi connectivity index (χ3v) is 3.01. The van der Waals surface area contributed by atoms with Crippen LogP contribution in [0, 0.1) is 10.1 Å². The standard InChI is InChI=1S/C15H11ClN2O5/c16-11-6-7-12(13(8-11)18(21)22)17-14(19)9-23-15(20)10-4-2-1-3-5-10/h1-8H,9H2,(H,17,19). The lowest BCUT2D eigenvalue weighted by Gasteiger charge is -2.07. The van der Waals surface area contributed by atoms with E-state index in [0.717, 1.165) is 6.07 Å². The summed E-state index contributed by atoms with van der Waals surface area (Å²) in [5, 5.41) is 13.4. The molecule has 0 aromatic heterocycles. The molecular weight excluding hydrogens is 324 g/mol. The molecule has 0 heterocycles. The number of nitrogens with zero attached hydrogens (tertiary/aromatic N) is 1. The zero-order valence-electron chi connectivity index (χ0n) is 11.7. The molecule has 1 N–H and O–H groups in total. The van der Waals surface area contributed by atoms with Crippen molar-refractivity contribution in [1.82, 2.24) is 0 Å². The van der Waals surface area contributed by atoms with E-state index in [1.165, 1.54) is 12.1 Å². The van der Waals surface area contributed by atoms with Crippen molar-refractivity contribution in [3.8, 4) is 0 Å². The third kappa shape index (κ3) is 4.52. The molecular formula is C15H11ClN2O5. The summed E-state index contributed by atoms with van der Waals surface area (Å²) in [5.41, 5.74) is -0.0711. The van der Waals surface area contributed by atoms with Crippen molar-refractivity contribution < 1.29 is 19.2 Å². The average molecular weight is 335 g/mol. The molecule has 118 valence electrons. The van der Waals surface area contributed by atoms with Crippen LogP contribution in [0.25, 0.3) is 0 Å². The summed E-state index contributed by atoms with van der Waals surface area (Å²) in [6, 6.07) is 12.0. The van der Waals surface area contributed by atoms with Gasteiger partial charge in [-0.05, 0) is 24.3 Å². The maximum absolute atomic E-state index is 11.8. The van der Waals surface area contributed by atoms with Gasteiger partial charge in [0.1, 0.15) is 5.69 Å². The fourth-order valence-electron chi connectivity index (χ4n) is 1.74. The zero-order valence-corrected chi connectivity index (χ0v) is 12.4. The SMILES string of the molecule is O=C(COC(=O)c1ccccc1)Nc1ccc(Cl)cc1[N+](=O)[O-]. The number of anilines is 1. The summed E-state index contributed by atoms with van der Waals surface area (Å²) in [6.07, 6.45) is 0. The first kappa shape index (κ1) is 16.4. The minimum atomic E-state index is -0.695. The Balaban J connectivity index is 1.98. The van der Waals surface area contributed by atoms with Crippen molar-refractivity contribution in [2.75, 3.05) is 11.9 Å². The van der Waals surface area contributed by atoms with Crippen LogP contribution in [0.1, 0.15) is 10.4 Å². The van der Waals surface area contributed by atoms with E-state index in [-0.39, 0.29) is 16.4 Å². The Morgan fingerprint density at radius 3 is 2.52 bits per heavy atom. The van der Waals surface area contributed by atoms with E-state index in [0.29, 0.717) is 5.56 Å². The summed E-state index contributed by atoms with van der Waals surface area (Å²) in [5.74, 6) is -1.36. The molecule has 0 aliphatic rings. The van der Waals surface area contributed by atoms with Crippen molar-refractivity contribution in [3.63, 3.8) is 0 Å². The summed E-state index contributed by atoms with van der Waals surface area (Å²) >= 11 is 5.68. The number of carbonyl (C=O) groups is 2. The number of halogens is 1. The molecule has 2 aromatic carbocycles. The van der Waals surface area contributed by atoms with Gasteiger partial charge in [-0.1, -0.05) is 29.8 Å². The number of esters is 1. The van der Waals surface area contributed by atoms with Gasteiger partial charge in [0.15, 0.2) is 6.61 Å². The number of ether oxygens (including phenoxy) is 1. The summed E-state index contributed by atoms with van der Waals surface area (Å²) in [7, 11) is 0. The Labute approximate surface area is 136 Å². The van der Waals surface area contributed by atoms with Crippen LogP contribution in [-0.2, 0) is 9.53 Å². The van der Waals surface area contributed by atoms with Gasteiger partial charge in [-0.15, -0.1) is 0 Å². The van der Waals surface area contributed by atoms with E-state index in [1.807, 2.05) is 0 Å². The van der Waals surface area contributed by atoms with Crippen LogP contribution < -0.4 is 5.32 Å². The number of carbonyl (C=O) groups excluding carboxylic acids is 2. The fourth-order valence-corrected chi connectivity index (χ4v) is 1.90.